The number of benzene rings is 2. The summed E-state index contributed by atoms with van der Waals surface area (Å²) in [5, 5.41) is 4.11. The van der Waals surface area contributed by atoms with Gasteiger partial charge in [0.25, 0.3) is 0 Å². The molecule has 0 atom stereocenters. The molecule has 0 radical (unpaired) electrons. The molecule has 0 unspecified atom stereocenters. The zero-order chi connectivity index (χ0) is 22.3. The first-order chi connectivity index (χ1) is 14.9. The Morgan fingerprint density at radius 1 is 0.903 bits per heavy atom. The summed E-state index contributed by atoms with van der Waals surface area (Å²) in [5.74, 6) is 1.57. The number of amidine groups is 1. The number of thiophene rings is 1. The van der Waals surface area contributed by atoms with Gasteiger partial charge < -0.3 is 13.9 Å². The van der Waals surface area contributed by atoms with Crippen molar-refractivity contribution >= 4 is 24.9 Å². The number of para-hydroxylation sites is 2. The van der Waals surface area contributed by atoms with Gasteiger partial charge in [0.1, 0.15) is 17.3 Å². The van der Waals surface area contributed by atoms with Gasteiger partial charge in [0, 0.05) is 18.5 Å². The van der Waals surface area contributed by atoms with Crippen LogP contribution in [0, 0.1) is 0 Å². The van der Waals surface area contributed by atoms with E-state index >= 15 is 0 Å². The third-order valence-electron chi connectivity index (χ3n) is 4.52. The molecule has 2 aromatic carbocycles. The standard InChI is InChI=1S/C24H29N2O3PS/c1-19(2)26(20(3)4)24(17-21-15-16-31-18-21)25-30(27,28-22-11-7-5-8-12-22)29-23-13-9-6-10-14-23/h5-16,18-20H,17H2,1-4H3/b25-24-. The van der Waals surface area contributed by atoms with Crippen molar-refractivity contribution in [2.75, 3.05) is 0 Å². The minimum Gasteiger partial charge on any atom is -0.399 e. The molecular formula is C24H29N2O3PS. The van der Waals surface area contributed by atoms with E-state index in [9.17, 15) is 4.57 Å². The summed E-state index contributed by atoms with van der Waals surface area (Å²) in [6.45, 7) is 8.41. The van der Waals surface area contributed by atoms with Crippen molar-refractivity contribution in [3.05, 3.63) is 83.1 Å². The van der Waals surface area contributed by atoms with Gasteiger partial charge in [0.05, 0.1) is 0 Å². The predicted molar refractivity (Wildman–Crippen MR) is 129 cm³/mol. The van der Waals surface area contributed by atoms with Gasteiger partial charge in [0.2, 0.25) is 0 Å². The quantitative estimate of drug-likeness (QED) is 0.196. The maximum Gasteiger partial charge on any atom is 0.564 e. The molecule has 3 aromatic rings. The lowest BCUT2D eigenvalue weighted by Gasteiger charge is -2.34. The molecule has 0 saturated carbocycles. The van der Waals surface area contributed by atoms with Crippen LogP contribution in [0.4, 0.5) is 0 Å². The fourth-order valence-corrected chi connectivity index (χ4v) is 5.40. The maximum atomic E-state index is 14.0. The summed E-state index contributed by atoms with van der Waals surface area (Å²) in [6, 6.07) is 20.4. The molecule has 0 fully saturated rings. The van der Waals surface area contributed by atoms with Crippen LogP contribution < -0.4 is 9.05 Å². The molecule has 0 aliphatic heterocycles. The summed E-state index contributed by atoms with van der Waals surface area (Å²) in [7, 11) is -3.92. The van der Waals surface area contributed by atoms with Crippen LogP contribution in [-0.4, -0.2) is 22.8 Å². The smallest absolute Gasteiger partial charge is 0.399 e. The third kappa shape index (κ3) is 6.71. The van der Waals surface area contributed by atoms with E-state index in [4.69, 9.17) is 9.05 Å². The van der Waals surface area contributed by atoms with Gasteiger partial charge in [-0.25, -0.2) is 4.57 Å². The van der Waals surface area contributed by atoms with Gasteiger partial charge in [-0.1, -0.05) is 36.4 Å². The summed E-state index contributed by atoms with van der Waals surface area (Å²) >= 11 is 1.63. The monoisotopic (exact) mass is 456 g/mol. The molecule has 0 saturated heterocycles. The Morgan fingerprint density at radius 2 is 1.42 bits per heavy atom. The minimum atomic E-state index is -3.92. The van der Waals surface area contributed by atoms with Crippen molar-refractivity contribution in [2.24, 2.45) is 4.76 Å². The fourth-order valence-electron chi connectivity index (χ4n) is 3.38. The van der Waals surface area contributed by atoms with E-state index in [1.807, 2.05) is 41.8 Å². The fraction of sp³-hybridized carbons (Fsp3) is 0.292. The molecule has 31 heavy (non-hydrogen) atoms. The van der Waals surface area contributed by atoms with E-state index in [1.54, 1.807) is 35.6 Å². The highest BCUT2D eigenvalue weighted by Crippen LogP contribution is 2.50. The predicted octanol–water partition coefficient (Wildman–Crippen LogP) is 7.07. The SMILES string of the molecule is CC(C)N(/C(Cc1ccsc1)=N\P(=O)(Oc1ccccc1)Oc1ccccc1)C(C)C. The van der Waals surface area contributed by atoms with E-state index in [2.05, 4.69) is 48.8 Å². The van der Waals surface area contributed by atoms with Crippen LogP contribution in [0.5, 0.6) is 11.5 Å². The number of hydrogen-bond donors (Lipinski definition) is 0. The molecule has 164 valence electrons. The average Bonchev–Trinajstić information content (AvgIpc) is 3.21. The van der Waals surface area contributed by atoms with Crippen LogP contribution in [0.15, 0.2) is 82.3 Å². The van der Waals surface area contributed by atoms with Crippen molar-refractivity contribution in [3.8, 4) is 11.5 Å². The Bertz CT molecular complexity index is 952. The van der Waals surface area contributed by atoms with Crippen molar-refractivity contribution in [3.63, 3.8) is 0 Å². The van der Waals surface area contributed by atoms with Gasteiger partial charge in [-0.2, -0.15) is 11.3 Å². The Hall–Kier alpha value is -2.56. The molecule has 1 heterocycles. The molecule has 0 N–H and O–H groups in total. The summed E-state index contributed by atoms with van der Waals surface area (Å²) in [4.78, 5) is 2.16. The lowest BCUT2D eigenvalue weighted by Crippen LogP contribution is -2.43. The lowest BCUT2D eigenvalue weighted by atomic mass is 10.1. The Balaban J connectivity index is 2.06. The van der Waals surface area contributed by atoms with Gasteiger partial charge in [-0.3, -0.25) is 0 Å². The average molecular weight is 457 g/mol. The molecule has 3 rings (SSSR count). The molecule has 0 bridgehead atoms. The summed E-state index contributed by atoms with van der Waals surface area (Å²) < 4.78 is 30.4. The van der Waals surface area contributed by atoms with E-state index in [0.29, 0.717) is 23.8 Å². The Morgan fingerprint density at radius 3 is 1.84 bits per heavy atom. The van der Waals surface area contributed by atoms with Gasteiger partial charge in [0.15, 0.2) is 0 Å². The normalized spacial score (nSPS) is 12.3. The molecule has 0 aliphatic carbocycles. The lowest BCUT2D eigenvalue weighted by molar-refractivity contribution is 0.287. The summed E-state index contributed by atoms with van der Waals surface area (Å²) in [5.41, 5.74) is 1.11. The highest BCUT2D eigenvalue weighted by Gasteiger charge is 2.32. The highest BCUT2D eigenvalue weighted by molar-refractivity contribution is 7.53. The number of rotatable bonds is 9. The molecule has 7 heteroatoms. The second kappa shape index (κ2) is 10.7. The van der Waals surface area contributed by atoms with Gasteiger partial charge >= 0.3 is 7.75 Å². The number of nitrogens with zero attached hydrogens (tertiary/aromatic N) is 2. The Kier molecular flexibility index (Phi) is 7.94. The third-order valence-corrected chi connectivity index (χ3v) is 6.61. The van der Waals surface area contributed by atoms with Crippen LogP contribution in [0.25, 0.3) is 0 Å². The van der Waals surface area contributed by atoms with Crippen LogP contribution in [0.1, 0.15) is 33.3 Å². The maximum absolute atomic E-state index is 14.0. The van der Waals surface area contributed by atoms with Crippen LogP contribution in [0.3, 0.4) is 0 Å². The zero-order valence-electron chi connectivity index (χ0n) is 18.3. The second-order valence-electron chi connectivity index (χ2n) is 7.70. The molecular weight excluding hydrogens is 427 g/mol. The van der Waals surface area contributed by atoms with Crippen LogP contribution in [0.2, 0.25) is 0 Å². The molecule has 0 aliphatic rings. The van der Waals surface area contributed by atoms with Crippen molar-refractivity contribution in [1.29, 1.82) is 0 Å². The molecule has 0 spiro atoms. The molecule has 1 aromatic heterocycles. The van der Waals surface area contributed by atoms with E-state index in [-0.39, 0.29) is 12.1 Å². The van der Waals surface area contributed by atoms with Gasteiger partial charge in [-0.05, 0) is 74.4 Å². The van der Waals surface area contributed by atoms with E-state index in [1.165, 1.54) is 0 Å². The first-order valence-corrected chi connectivity index (χ1v) is 12.8. The van der Waals surface area contributed by atoms with E-state index in [0.717, 1.165) is 5.56 Å². The first-order valence-electron chi connectivity index (χ1n) is 10.3. The highest BCUT2D eigenvalue weighted by atomic mass is 32.1. The minimum absolute atomic E-state index is 0.166. The van der Waals surface area contributed by atoms with Crippen LogP contribution >= 0.6 is 19.1 Å². The number of hydrogen-bond acceptors (Lipinski definition) is 4. The second-order valence-corrected chi connectivity index (χ2v) is 9.98. The largest absolute Gasteiger partial charge is 0.564 e. The first kappa shape index (κ1) is 23.1. The van der Waals surface area contributed by atoms with Crippen molar-refractivity contribution in [2.45, 2.75) is 46.2 Å². The zero-order valence-corrected chi connectivity index (χ0v) is 20.1. The van der Waals surface area contributed by atoms with Crippen molar-refractivity contribution < 1.29 is 13.6 Å². The van der Waals surface area contributed by atoms with Crippen LogP contribution in [-0.2, 0) is 11.0 Å². The van der Waals surface area contributed by atoms with Crippen molar-refractivity contribution in [1.82, 2.24) is 4.90 Å². The molecule has 5 nitrogen and oxygen atoms in total. The topological polar surface area (TPSA) is 51.1 Å². The Labute approximate surface area is 189 Å². The van der Waals surface area contributed by atoms with E-state index < -0.39 is 7.75 Å². The summed E-state index contributed by atoms with van der Waals surface area (Å²) in [6.07, 6.45) is 0.542. The van der Waals surface area contributed by atoms with Gasteiger partial charge in [-0.15, -0.1) is 4.76 Å². The molecule has 0 amide bonds.